The first-order valence-corrected chi connectivity index (χ1v) is 10.4. The van der Waals surface area contributed by atoms with Crippen LogP contribution in [0, 0.1) is 0 Å². The largest absolute Gasteiger partial charge is 0.365 e. The molecule has 2 aromatic rings. The van der Waals surface area contributed by atoms with Crippen LogP contribution in [0.25, 0.3) is 0 Å². The SMILES string of the molecule is CC(C)N(C(C)C)S(=O)(=O)c1ccc(NC2CCc3ncnn3C2)nc1. The van der Waals surface area contributed by atoms with Crippen molar-refractivity contribution in [2.24, 2.45) is 0 Å². The minimum absolute atomic E-state index is 0.114. The molecule has 26 heavy (non-hydrogen) atoms. The molecule has 1 aliphatic heterocycles. The van der Waals surface area contributed by atoms with Gasteiger partial charge in [-0.1, -0.05) is 0 Å². The second-order valence-electron chi connectivity index (χ2n) is 7.14. The van der Waals surface area contributed by atoms with E-state index in [1.807, 2.05) is 32.4 Å². The highest BCUT2D eigenvalue weighted by Gasteiger charge is 2.29. The van der Waals surface area contributed by atoms with Gasteiger partial charge in [0.2, 0.25) is 10.0 Å². The Kier molecular flexibility index (Phi) is 5.29. The summed E-state index contributed by atoms with van der Waals surface area (Å²) in [4.78, 5) is 8.76. The Morgan fingerprint density at radius 1 is 1.19 bits per heavy atom. The molecule has 0 saturated carbocycles. The molecule has 0 amide bonds. The summed E-state index contributed by atoms with van der Waals surface area (Å²) in [5.41, 5.74) is 0. The number of nitrogens with zero attached hydrogens (tertiary/aromatic N) is 5. The monoisotopic (exact) mass is 378 g/mol. The van der Waals surface area contributed by atoms with E-state index in [-0.39, 0.29) is 23.0 Å². The molecule has 2 aromatic heterocycles. The lowest BCUT2D eigenvalue weighted by Gasteiger charge is -2.29. The molecule has 0 aliphatic carbocycles. The lowest BCUT2D eigenvalue weighted by molar-refractivity contribution is 0.302. The van der Waals surface area contributed by atoms with Gasteiger partial charge in [0.25, 0.3) is 0 Å². The summed E-state index contributed by atoms with van der Waals surface area (Å²) in [5.74, 6) is 1.66. The predicted octanol–water partition coefficient (Wildman–Crippen LogP) is 1.91. The fourth-order valence-corrected chi connectivity index (χ4v) is 5.24. The lowest BCUT2D eigenvalue weighted by Crippen LogP contribution is -2.41. The third kappa shape index (κ3) is 3.73. The Hall–Kier alpha value is -2.00. The summed E-state index contributed by atoms with van der Waals surface area (Å²) in [6.07, 6.45) is 4.81. The number of rotatable bonds is 6. The predicted molar refractivity (Wildman–Crippen MR) is 99.3 cm³/mol. The molecule has 0 fully saturated rings. The molecule has 1 N–H and O–H groups in total. The highest BCUT2D eigenvalue weighted by Crippen LogP contribution is 2.22. The fourth-order valence-electron chi connectivity index (χ4n) is 3.46. The van der Waals surface area contributed by atoms with Gasteiger partial charge in [-0.15, -0.1) is 0 Å². The molecule has 1 unspecified atom stereocenters. The van der Waals surface area contributed by atoms with Crippen molar-refractivity contribution in [3.8, 4) is 0 Å². The Bertz CT molecular complexity index is 836. The lowest BCUT2D eigenvalue weighted by atomic mass is 10.1. The van der Waals surface area contributed by atoms with Crippen LogP contribution < -0.4 is 5.32 Å². The molecule has 0 bridgehead atoms. The van der Waals surface area contributed by atoms with Crippen LogP contribution in [0.2, 0.25) is 0 Å². The first-order chi connectivity index (χ1) is 12.3. The van der Waals surface area contributed by atoms with Crippen molar-refractivity contribution in [3.05, 3.63) is 30.5 Å². The molecule has 1 aliphatic rings. The highest BCUT2D eigenvalue weighted by atomic mass is 32.2. The molecular weight excluding hydrogens is 352 g/mol. The van der Waals surface area contributed by atoms with E-state index in [1.54, 1.807) is 18.5 Å². The number of sulfonamides is 1. The van der Waals surface area contributed by atoms with E-state index in [0.717, 1.165) is 25.2 Å². The van der Waals surface area contributed by atoms with Crippen molar-refractivity contribution in [1.29, 1.82) is 0 Å². The molecule has 3 rings (SSSR count). The van der Waals surface area contributed by atoms with Crippen molar-refractivity contribution in [1.82, 2.24) is 24.1 Å². The van der Waals surface area contributed by atoms with Gasteiger partial charge in [0.1, 0.15) is 22.9 Å². The van der Waals surface area contributed by atoms with E-state index in [1.165, 1.54) is 10.5 Å². The van der Waals surface area contributed by atoms with Crippen LogP contribution in [0.5, 0.6) is 0 Å². The number of fused-ring (bicyclic) bond motifs is 1. The van der Waals surface area contributed by atoms with E-state index in [9.17, 15) is 8.42 Å². The van der Waals surface area contributed by atoms with Crippen molar-refractivity contribution in [2.45, 2.75) is 70.1 Å². The van der Waals surface area contributed by atoms with Gasteiger partial charge in [0.05, 0.1) is 6.54 Å². The van der Waals surface area contributed by atoms with Crippen LogP contribution in [0.4, 0.5) is 5.82 Å². The van der Waals surface area contributed by atoms with Gasteiger partial charge in [0.15, 0.2) is 0 Å². The number of aryl methyl sites for hydroxylation is 1. The normalized spacial score (nSPS) is 17.7. The molecule has 1 atom stereocenters. The van der Waals surface area contributed by atoms with Gasteiger partial charge < -0.3 is 5.32 Å². The van der Waals surface area contributed by atoms with E-state index in [0.29, 0.717) is 5.82 Å². The minimum Gasteiger partial charge on any atom is -0.365 e. The van der Waals surface area contributed by atoms with Crippen molar-refractivity contribution in [2.75, 3.05) is 5.32 Å². The Labute approximate surface area is 154 Å². The zero-order chi connectivity index (χ0) is 18.9. The molecule has 142 valence electrons. The van der Waals surface area contributed by atoms with Crippen molar-refractivity contribution < 1.29 is 8.42 Å². The van der Waals surface area contributed by atoms with Crippen LogP contribution >= 0.6 is 0 Å². The van der Waals surface area contributed by atoms with Crippen LogP contribution in [-0.2, 0) is 23.0 Å². The Balaban J connectivity index is 1.72. The Morgan fingerprint density at radius 3 is 2.54 bits per heavy atom. The van der Waals surface area contributed by atoms with Gasteiger partial charge in [-0.25, -0.2) is 23.1 Å². The molecule has 9 heteroatoms. The fraction of sp³-hybridized carbons (Fsp3) is 0.588. The van der Waals surface area contributed by atoms with E-state index in [4.69, 9.17) is 0 Å². The molecule has 0 spiro atoms. The van der Waals surface area contributed by atoms with Crippen molar-refractivity contribution in [3.63, 3.8) is 0 Å². The Morgan fingerprint density at radius 2 is 1.92 bits per heavy atom. The molecule has 0 saturated heterocycles. The van der Waals surface area contributed by atoms with Gasteiger partial charge in [0, 0.05) is 30.7 Å². The first kappa shape index (κ1) is 18.8. The average Bonchev–Trinajstić information content (AvgIpc) is 3.02. The summed E-state index contributed by atoms with van der Waals surface area (Å²) in [5, 5.41) is 7.56. The number of anilines is 1. The molecular formula is C17H26N6O2S. The second kappa shape index (κ2) is 7.32. The maximum absolute atomic E-state index is 12.9. The molecule has 3 heterocycles. The van der Waals surface area contributed by atoms with Gasteiger partial charge in [-0.3, -0.25) is 0 Å². The van der Waals surface area contributed by atoms with Crippen molar-refractivity contribution >= 4 is 15.8 Å². The summed E-state index contributed by atoms with van der Waals surface area (Å²) in [6, 6.07) is 3.31. The van der Waals surface area contributed by atoms with E-state index in [2.05, 4.69) is 20.4 Å². The number of aromatic nitrogens is 4. The zero-order valence-electron chi connectivity index (χ0n) is 15.6. The topological polar surface area (TPSA) is 93.0 Å². The third-order valence-electron chi connectivity index (χ3n) is 4.49. The van der Waals surface area contributed by atoms with Crippen LogP contribution in [-0.4, -0.2) is 50.6 Å². The van der Waals surface area contributed by atoms with Gasteiger partial charge in [-0.05, 0) is 46.2 Å². The highest BCUT2D eigenvalue weighted by molar-refractivity contribution is 7.89. The average molecular weight is 379 g/mol. The van der Waals surface area contributed by atoms with E-state index < -0.39 is 10.0 Å². The van der Waals surface area contributed by atoms with Gasteiger partial charge in [-0.2, -0.15) is 9.40 Å². The molecule has 0 radical (unpaired) electrons. The second-order valence-corrected chi connectivity index (χ2v) is 8.98. The first-order valence-electron chi connectivity index (χ1n) is 8.92. The number of pyridine rings is 1. The summed E-state index contributed by atoms with van der Waals surface area (Å²) in [7, 11) is -3.56. The maximum atomic E-state index is 12.9. The summed E-state index contributed by atoms with van der Waals surface area (Å²) >= 11 is 0. The molecule has 8 nitrogen and oxygen atoms in total. The number of hydrogen-bond donors (Lipinski definition) is 1. The van der Waals surface area contributed by atoms with Crippen LogP contribution in [0.3, 0.4) is 0 Å². The van der Waals surface area contributed by atoms with Crippen LogP contribution in [0.15, 0.2) is 29.6 Å². The summed E-state index contributed by atoms with van der Waals surface area (Å²) in [6.45, 7) is 8.24. The smallest absolute Gasteiger partial charge is 0.245 e. The maximum Gasteiger partial charge on any atom is 0.245 e. The van der Waals surface area contributed by atoms with Gasteiger partial charge >= 0.3 is 0 Å². The summed E-state index contributed by atoms with van der Waals surface area (Å²) < 4.78 is 29.1. The third-order valence-corrected chi connectivity index (χ3v) is 6.72. The van der Waals surface area contributed by atoms with Crippen LogP contribution in [0.1, 0.15) is 39.9 Å². The quantitative estimate of drug-likeness (QED) is 0.825. The molecule has 0 aromatic carbocycles. The zero-order valence-corrected chi connectivity index (χ0v) is 16.4. The van der Waals surface area contributed by atoms with E-state index >= 15 is 0 Å². The standard InChI is InChI=1S/C17H26N6O2S/c1-12(2)23(13(3)4)26(24,25)15-6-7-16(18-9-15)21-14-5-8-17-19-11-20-22(17)10-14/h6-7,9,11-14H,5,8,10H2,1-4H3,(H,18,21). The number of hydrogen-bond acceptors (Lipinski definition) is 6. The minimum atomic E-state index is -3.56. The number of nitrogens with one attached hydrogen (secondary N) is 1.